The number of hydrogen-bond donors (Lipinski definition) is 1. The molecule has 25 heavy (non-hydrogen) atoms. The number of imidazole rings is 1. The maximum Gasteiger partial charge on any atom is 0.329 e. The molecule has 1 aromatic heterocycles. The first kappa shape index (κ1) is 19.1. The molecule has 2 rings (SSSR count). The van der Waals surface area contributed by atoms with Gasteiger partial charge in [-0.05, 0) is 26.3 Å². The minimum atomic E-state index is -0.962. The van der Waals surface area contributed by atoms with Crippen molar-refractivity contribution in [1.29, 1.82) is 0 Å². The summed E-state index contributed by atoms with van der Waals surface area (Å²) in [5, 5.41) is 21.0. The van der Waals surface area contributed by atoms with E-state index in [9.17, 15) is 20.0 Å². The average Bonchev–Trinajstić information content (AvgIpc) is 2.80. The first-order chi connectivity index (χ1) is 11.7. The molecule has 1 aromatic carbocycles. The number of nitro groups is 1. The summed E-state index contributed by atoms with van der Waals surface area (Å²) < 4.78 is 13.2. The highest BCUT2D eigenvalue weighted by Crippen LogP contribution is 2.22. The molecule has 2 aromatic rings. The molecule has 9 nitrogen and oxygen atoms in total. The van der Waals surface area contributed by atoms with E-state index in [1.165, 1.54) is 41.6 Å². The topological polar surface area (TPSA) is 109 Å². The van der Waals surface area contributed by atoms with Crippen LogP contribution in [0.1, 0.15) is 20.3 Å². The van der Waals surface area contributed by atoms with E-state index >= 15 is 0 Å². The van der Waals surface area contributed by atoms with Gasteiger partial charge in [0.25, 0.3) is 5.69 Å². The molecule has 9 heteroatoms. The van der Waals surface area contributed by atoms with Gasteiger partial charge in [-0.15, -0.1) is 0 Å². The molecule has 0 bridgehead atoms. The number of fused-ring (bicyclic) bond motifs is 1. The fraction of sp³-hybridized carbons (Fsp3) is 0.562. The van der Waals surface area contributed by atoms with Gasteiger partial charge in [-0.2, -0.15) is 0 Å². The smallest absolute Gasteiger partial charge is 0.329 e. The molecule has 0 amide bonds. The van der Waals surface area contributed by atoms with Crippen molar-refractivity contribution < 1.29 is 19.5 Å². The number of methoxy groups -OCH3 is 2. The number of non-ortho nitro benzene ring substituents is 1. The van der Waals surface area contributed by atoms with Gasteiger partial charge in [0.15, 0.2) is 6.29 Å². The van der Waals surface area contributed by atoms with E-state index in [-0.39, 0.29) is 24.5 Å². The monoisotopic (exact) mass is 353 g/mol. The Balaban J connectivity index is 2.59. The third-order valence-corrected chi connectivity index (χ3v) is 4.02. The Kier molecular flexibility index (Phi) is 5.61. The minimum Gasteiger partial charge on any atom is -0.390 e. The Morgan fingerprint density at radius 1 is 1.24 bits per heavy atom. The van der Waals surface area contributed by atoms with Crippen LogP contribution in [0, 0.1) is 10.1 Å². The van der Waals surface area contributed by atoms with Crippen LogP contribution in [0.4, 0.5) is 5.69 Å². The van der Waals surface area contributed by atoms with Gasteiger partial charge in [0, 0.05) is 32.9 Å². The number of aromatic nitrogens is 2. The van der Waals surface area contributed by atoms with Gasteiger partial charge in [0.1, 0.15) is 0 Å². The summed E-state index contributed by atoms with van der Waals surface area (Å²) in [7, 11) is 2.94. The quantitative estimate of drug-likeness (QED) is 0.437. The van der Waals surface area contributed by atoms with Gasteiger partial charge in [-0.1, -0.05) is 0 Å². The largest absolute Gasteiger partial charge is 0.390 e. The normalized spacial score (nSPS) is 12.2. The van der Waals surface area contributed by atoms with E-state index in [1.807, 2.05) is 0 Å². The molecule has 0 saturated carbocycles. The molecule has 0 unspecified atom stereocenters. The zero-order valence-corrected chi connectivity index (χ0v) is 14.8. The Morgan fingerprint density at radius 2 is 1.88 bits per heavy atom. The molecule has 1 N–H and O–H groups in total. The predicted octanol–water partition coefficient (Wildman–Crippen LogP) is 1.49. The molecule has 0 atom stereocenters. The SMILES string of the molecule is COC(Cn1c(=O)n(CCC(C)(C)O)c2cc([N+](=O)[O-])ccc21)OC. The summed E-state index contributed by atoms with van der Waals surface area (Å²) >= 11 is 0. The number of aliphatic hydroxyl groups is 1. The third-order valence-electron chi connectivity index (χ3n) is 4.02. The highest BCUT2D eigenvalue weighted by Gasteiger charge is 2.21. The van der Waals surface area contributed by atoms with E-state index in [0.717, 1.165) is 0 Å². The van der Waals surface area contributed by atoms with Gasteiger partial charge < -0.3 is 14.6 Å². The van der Waals surface area contributed by atoms with Crippen LogP contribution in [-0.4, -0.2) is 45.3 Å². The van der Waals surface area contributed by atoms with Crippen molar-refractivity contribution >= 4 is 16.7 Å². The second-order valence-electron chi connectivity index (χ2n) is 6.44. The van der Waals surface area contributed by atoms with Crippen LogP contribution < -0.4 is 5.69 Å². The first-order valence-electron chi connectivity index (χ1n) is 7.83. The van der Waals surface area contributed by atoms with E-state index in [0.29, 0.717) is 17.5 Å². The van der Waals surface area contributed by atoms with Gasteiger partial charge in [-0.25, -0.2) is 4.79 Å². The molecule has 0 aliphatic heterocycles. The van der Waals surface area contributed by atoms with Crippen molar-refractivity contribution in [2.45, 2.75) is 45.2 Å². The van der Waals surface area contributed by atoms with Crippen molar-refractivity contribution in [2.75, 3.05) is 14.2 Å². The van der Waals surface area contributed by atoms with E-state index in [1.54, 1.807) is 13.8 Å². The van der Waals surface area contributed by atoms with Gasteiger partial charge in [-0.3, -0.25) is 19.2 Å². The summed E-state index contributed by atoms with van der Waals surface area (Å²) in [4.78, 5) is 23.4. The van der Waals surface area contributed by atoms with E-state index < -0.39 is 16.8 Å². The second-order valence-corrected chi connectivity index (χ2v) is 6.44. The molecule has 0 aliphatic carbocycles. The van der Waals surface area contributed by atoms with Gasteiger partial charge in [0.05, 0.1) is 28.1 Å². The number of aryl methyl sites for hydroxylation is 1. The number of benzene rings is 1. The zero-order chi connectivity index (χ0) is 18.8. The molecule has 0 fully saturated rings. The Bertz CT molecular complexity index is 814. The van der Waals surface area contributed by atoms with Crippen LogP contribution in [0.3, 0.4) is 0 Å². The maximum absolute atomic E-state index is 12.8. The van der Waals surface area contributed by atoms with Crippen molar-refractivity contribution in [2.24, 2.45) is 0 Å². The number of ether oxygens (including phenoxy) is 2. The molecule has 138 valence electrons. The zero-order valence-electron chi connectivity index (χ0n) is 14.8. The summed E-state index contributed by atoms with van der Waals surface area (Å²) in [5.41, 5.74) is -0.411. The van der Waals surface area contributed by atoms with Gasteiger partial charge >= 0.3 is 5.69 Å². The lowest BCUT2D eigenvalue weighted by atomic mass is 10.1. The van der Waals surface area contributed by atoms with Crippen LogP contribution in [0.2, 0.25) is 0 Å². The highest BCUT2D eigenvalue weighted by molar-refractivity contribution is 5.78. The standard InChI is InChI=1S/C16H23N3O6/c1-16(2,21)7-8-17-13-9-11(19(22)23)5-6-12(13)18(15(17)20)10-14(24-3)25-4/h5-6,9,14,21H,7-8,10H2,1-4H3. The summed E-state index contributed by atoms with van der Waals surface area (Å²) in [6.07, 6.45) is -0.298. The average molecular weight is 353 g/mol. The van der Waals surface area contributed by atoms with Gasteiger partial charge in [0.2, 0.25) is 0 Å². The van der Waals surface area contributed by atoms with Crippen LogP contribution in [0.25, 0.3) is 11.0 Å². The van der Waals surface area contributed by atoms with Crippen molar-refractivity contribution in [1.82, 2.24) is 9.13 Å². The second kappa shape index (κ2) is 7.34. The lowest BCUT2D eigenvalue weighted by Gasteiger charge is -2.17. The van der Waals surface area contributed by atoms with Crippen LogP contribution in [0.15, 0.2) is 23.0 Å². The van der Waals surface area contributed by atoms with Crippen LogP contribution in [0.5, 0.6) is 0 Å². The number of hydrogen-bond acceptors (Lipinski definition) is 6. The van der Waals surface area contributed by atoms with E-state index in [2.05, 4.69) is 0 Å². The maximum atomic E-state index is 12.8. The van der Waals surface area contributed by atoms with Crippen molar-refractivity contribution in [3.8, 4) is 0 Å². The summed E-state index contributed by atoms with van der Waals surface area (Å²) in [6, 6.07) is 4.26. The first-order valence-corrected chi connectivity index (χ1v) is 7.83. The van der Waals surface area contributed by atoms with Crippen molar-refractivity contribution in [3.05, 3.63) is 38.8 Å². The predicted molar refractivity (Wildman–Crippen MR) is 91.6 cm³/mol. The number of rotatable bonds is 8. The Morgan fingerprint density at radius 3 is 2.40 bits per heavy atom. The molecule has 0 radical (unpaired) electrons. The lowest BCUT2D eigenvalue weighted by Crippen LogP contribution is -2.31. The fourth-order valence-corrected chi connectivity index (χ4v) is 2.59. The summed E-state index contributed by atoms with van der Waals surface area (Å²) in [6.45, 7) is 3.67. The molecular weight excluding hydrogens is 330 g/mol. The molecule has 0 aliphatic rings. The summed E-state index contributed by atoms with van der Waals surface area (Å²) in [5.74, 6) is 0. The number of nitrogens with zero attached hydrogens (tertiary/aromatic N) is 3. The molecular formula is C16H23N3O6. The molecule has 1 heterocycles. The van der Waals surface area contributed by atoms with Crippen LogP contribution in [-0.2, 0) is 22.6 Å². The lowest BCUT2D eigenvalue weighted by molar-refractivity contribution is -0.384. The Hall–Kier alpha value is -2.23. The fourth-order valence-electron chi connectivity index (χ4n) is 2.59. The van der Waals surface area contributed by atoms with Crippen LogP contribution >= 0.6 is 0 Å². The van der Waals surface area contributed by atoms with Crippen molar-refractivity contribution in [3.63, 3.8) is 0 Å². The highest BCUT2D eigenvalue weighted by atomic mass is 16.7. The molecule has 0 spiro atoms. The van der Waals surface area contributed by atoms with E-state index in [4.69, 9.17) is 9.47 Å². The third kappa shape index (κ3) is 4.25. The minimum absolute atomic E-state index is 0.100. The number of nitro benzene ring substituents is 1. The molecule has 0 saturated heterocycles. The Labute approximate surface area is 144 Å².